The molecular formula is C16H26ClFN2O. The normalized spacial score (nSPS) is 16.5. The lowest BCUT2D eigenvalue weighted by Gasteiger charge is -2.31. The van der Waals surface area contributed by atoms with Crippen molar-refractivity contribution < 1.29 is 9.13 Å². The third-order valence-corrected chi connectivity index (χ3v) is 3.89. The number of nitrogens with one attached hydrogen (secondary N) is 1. The summed E-state index contributed by atoms with van der Waals surface area (Å²) < 4.78 is 18.9. The average Bonchev–Trinajstić information content (AvgIpc) is 2.48. The fraction of sp³-hybridized carbons (Fsp3) is 0.625. The summed E-state index contributed by atoms with van der Waals surface area (Å²) in [4.78, 5) is 2.41. The fourth-order valence-electron chi connectivity index (χ4n) is 2.61. The largest absolute Gasteiger partial charge is 0.489 e. The Kier molecular flexibility index (Phi) is 8.66. The molecule has 0 unspecified atom stereocenters. The molecule has 1 aliphatic heterocycles. The Hall–Kier alpha value is -0.840. The first-order valence-corrected chi connectivity index (χ1v) is 7.60. The smallest absolute Gasteiger partial charge is 0.165 e. The molecule has 0 bridgehead atoms. The first kappa shape index (κ1) is 18.2. The van der Waals surface area contributed by atoms with Crippen molar-refractivity contribution in [1.29, 1.82) is 0 Å². The van der Waals surface area contributed by atoms with Gasteiger partial charge >= 0.3 is 0 Å². The molecule has 3 nitrogen and oxygen atoms in total. The number of hydrogen-bond acceptors (Lipinski definition) is 3. The van der Waals surface area contributed by atoms with E-state index in [2.05, 4.69) is 17.1 Å². The molecule has 1 fully saturated rings. The van der Waals surface area contributed by atoms with Gasteiger partial charge in [0.25, 0.3) is 0 Å². The maximum Gasteiger partial charge on any atom is 0.165 e. The van der Waals surface area contributed by atoms with Crippen molar-refractivity contribution in [3.8, 4) is 5.75 Å². The molecule has 2 rings (SSSR count). The zero-order valence-corrected chi connectivity index (χ0v) is 13.5. The van der Waals surface area contributed by atoms with Crippen LogP contribution >= 0.6 is 12.4 Å². The summed E-state index contributed by atoms with van der Waals surface area (Å²) in [5.41, 5.74) is 0. The van der Waals surface area contributed by atoms with E-state index in [1.165, 1.54) is 18.9 Å². The molecule has 21 heavy (non-hydrogen) atoms. The van der Waals surface area contributed by atoms with Crippen LogP contribution in [0.4, 0.5) is 4.39 Å². The van der Waals surface area contributed by atoms with Crippen LogP contribution in [0.2, 0.25) is 0 Å². The second-order valence-corrected chi connectivity index (χ2v) is 5.37. The Morgan fingerprint density at radius 2 is 2.00 bits per heavy atom. The minimum atomic E-state index is -0.281. The number of nitrogens with zero attached hydrogens (tertiary/aromatic N) is 1. The van der Waals surface area contributed by atoms with Crippen LogP contribution in [0.5, 0.6) is 5.75 Å². The molecule has 0 aliphatic carbocycles. The molecule has 0 saturated carbocycles. The van der Waals surface area contributed by atoms with Crippen molar-refractivity contribution in [1.82, 2.24) is 10.2 Å². The summed E-state index contributed by atoms with van der Waals surface area (Å²) in [6, 6.07) is 6.58. The van der Waals surface area contributed by atoms with Gasteiger partial charge in [0, 0.05) is 6.54 Å². The molecule has 0 radical (unpaired) electrons. The molecular weight excluding hydrogens is 291 g/mol. The maximum absolute atomic E-state index is 13.4. The third-order valence-electron chi connectivity index (χ3n) is 3.89. The highest BCUT2D eigenvalue weighted by Gasteiger charge is 2.18. The van der Waals surface area contributed by atoms with Crippen LogP contribution in [0.3, 0.4) is 0 Å². The van der Waals surface area contributed by atoms with E-state index in [4.69, 9.17) is 4.74 Å². The summed E-state index contributed by atoms with van der Waals surface area (Å²) in [6.07, 6.45) is 2.49. The highest BCUT2D eigenvalue weighted by molar-refractivity contribution is 5.85. The van der Waals surface area contributed by atoms with E-state index in [9.17, 15) is 4.39 Å². The number of ether oxygens (including phenoxy) is 1. The van der Waals surface area contributed by atoms with E-state index in [1.54, 1.807) is 18.2 Å². The summed E-state index contributed by atoms with van der Waals surface area (Å²) in [5, 5.41) is 3.42. The highest BCUT2D eigenvalue weighted by atomic mass is 35.5. The molecule has 1 saturated heterocycles. The fourth-order valence-corrected chi connectivity index (χ4v) is 2.61. The Balaban J connectivity index is 0.00000220. The van der Waals surface area contributed by atoms with Gasteiger partial charge in [-0.2, -0.15) is 0 Å². The Labute approximate surface area is 133 Å². The predicted octanol–water partition coefficient (Wildman–Crippen LogP) is 2.95. The zero-order chi connectivity index (χ0) is 14.2. The highest BCUT2D eigenvalue weighted by Crippen LogP contribution is 2.17. The van der Waals surface area contributed by atoms with Gasteiger partial charge in [-0.05, 0) is 57.1 Å². The van der Waals surface area contributed by atoms with Gasteiger partial charge in [0.2, 0.25) is 0 Å². The zero-order valence-electron chi connectivity index (χ0n) is 12.7. The second-order valence-electron chi connectivity index (χ2n) is 5.37. The maximum atomic E-state index is 13.4. The van der Waals surface area contributed by atoms with Crippen LogP contribution in [0.1, 0.15) is 19.8 Å². The van der Waals surface area contributed by atoms with Gasteiger partial charge in [-0.1, -0.05) is 19.1 Å². The van der Waals surface area contributed by atoms with E-state index >= 15 is 0 Å². The van der Waals surface area contributed by atoms with Crippen molar-refractivity contribution in [2.75, 3.05) is 39.3 Å². The van der Waals surface area contributed by atoms with E-state index in [0.717, 1.165) is 38.6 Å². The molecule has 5 heteroatoms. The summed E-state index contributed by atoms with van der Waals surface area (Å²) in [6.45, 7) is 8.01. The van der Waals surface area contributed by atoms with Crippen molar-refractivity contribution in [2.45, 2.75) is 19.8 Å². The average molecular weight is 317 g/mol. The Morgan fingerprint density at radius 1 is 1.29 bits per heavy atom. The van der Waals surface area contributed by atoms with Crippen molar-refractivity contribution in [2.24, 2.45) is 5.92 Å². The van der Waals surface area contributed by atoms with Gasteiger partial charge in [0.1, 0.15) is 6.61 Å². The lowest BCUT2D eigenvalue weighted by molar-refractivity contribution is 0.152. The van der Waals surface area contributed by atoms with Gasteiger partial charge in [-0.15, -0.1) is 12.4 Å². The van der Waals surface area contributed by atoms with Gasteiger partial charge in [0.15, 0.2) is 11.6 Å². The van der Waals surface area contributed by atoms with Crippen LogP contribution in [-0.4, -0.2) is 44.2 Å². The second kappa shape index (κ2) is 9.98. The number of likely N-dealkylation sites (tertiary alicyclic amines) is 1. The van der Waals surface area contributed by atoms with Gasteiger partial charge < -0.3 is 10.1 Å². The quantitative estimate of drug-likeness (QED) is 0.837. The number of piperidine rings is 1. The lowest BCUT2D eigenvalue weighted by Crippen LogP contribution is -2.39. The minimum Gasteiger partial charge on any atom is -0.489 e. The number of benzene rings is 1. The molecule has 120 valence electrons. The summed E-state index contributed by atoms with van der Waals surface area (Å²) >= 11 is 0. The van der Waals surface area contributed by atoms with Crippen molar-refractivity contribution in [3.05, 3.63) is 30.1 Å². The number of para-hydroxylation sites is 1. The SMILES string of the molecule is CCNCC1CCN(CCOc2ccccc2F)CC1.Cl. The molecule has 0 aromatic heterocycles. The van der Waals surface area contributed by atoms with Gasteiger partial charge in [0.05, 0.1) is 0 Å². The topological polar surface area (TPSA) is 24.5 Å². The molecule has 1 aromatic rings. The van der Waals surface area contributed by atoms with Crippen molar-refractivity contribution >= 4 is 12.4 Å². The first-order valence-electron chi connectivity index (χ1n) is 7.60. The van der Waals surface area contributed by atoms with E-state index < -0.39 is 0 Å². The van der Waals surface area contributed by atoms with Gasteiger partial charge in [-0.3, -0.25) is 4.90 Å². The Bertz CT molecular complexity index is 398. The number of hydrogen-bond donors (Lipinski definition) is 1. The van der Waals surface area contributed by atoms with Crippen LogP contribution in [0.15, 0.2) is 24.3 Å². The first-order chi connectivity index (χ1) is 9.79. The Morgan fingerprint density at radius 3 is 2.67 bits per heavy atom. The van der Waals surface area contributed by atoms with Crippen molar-refractivity contribution in [3.63, 3.8) is 0 Å². The molecule has 1 aromatic carbocycles. The number of rotatable bonds is 7. The molecule has 0 spiro atoms. The van der Waals surface area contributed by atoms with E-state index in [-0.39, 0.29) is 18.2 Å². The molecule has 1 N–H and O–H groups in total. The summed E-state index contributed by atoms with van der Waals surface area (Å²) in [7, 11) is 0. The predicted molar refractivity (Wildman–Crippen MR) is 86.9 cm³/mol. The molecule has 1 aliphatic rings. The summed E-state index contributed by atoms with van der Waals surface area (Å²) in [5.74, 6) is 0.880. The van der Waals surface area contributed by atoms with Crippen LogP contribution in [0.25, 0.3) is 0 Å². The van der Waals surface area contributed by atoms with Crippen LogP contribution in [-0.2, 0) is 0 Å². The molecule has 0 amide bonds. The van der Waals surface area contributed by atoms with Gasteiger partial charge in [-0.25, -0.2) is 4.39 Å². The number of halogens is 2. The lowest BCUT2D eigenvalue weighted by atomic mass is 9.97. The third kappa shape index (κ3) is 6.20. The van der Waals surface area contributed by atoms with E-state index in [0.29, 0.717) is 12.4 Å². The van der Waals surface area contributed by atoms with Crippen LogP contribution in [0, 0.1) is 11.7 Å². The van der Waals surface area contributed by atoms with E-state index in [1.807, 2.05) is 0 Å². The standard InChI is InChI=1S/C16H25FN2O.ClH/c1-2-18-13-14-7-9-19(10-8-14)11-12-20-16-6-4-3-5-15(16)17;/h3-6,14,18H,2,7-13H2,1H3;1H. The monoisotopic (exact) mass is 316 g/mol. The molecule has 1 heterocycles. The van der Waals surface area contributed by atoms with Crippen LogP contribution < -0.4 is 10.1 Å². The minimum absolute atomic E-state index is 0. The molecule has 0 atom stereocenters.